The molecule has 1 N–H and O–H groups in total. The van der Waals surface area contributed by atoms with Gasteiger partial charge in [-0.1, -0.05) is 55.8 Å². The third-order valence-corrected chi connectivity index (χ3v) is 7.51. The molecule has 34 heavy (non-hydrogen) atoms. The number of aliphatic imine (C=N–C) groups is 1. The number of amidine groups is 2. The van der Waals surface area contributed by atoms with E-state index in [-0.39, 0.29) is 11.4 Å². The molecule has 0 aliphatic carbocycles. The van der Waals surface area contributed by atoms with Gasteiger partial charge in [-0.05, 0) is 54.4 Å². The first-order valence-corrected chi connectivity index (χ1v) is 12.5. The second kappa shape index (κ2) is 9.24. The van der Waals surface area contributed by atoms with Crippen molar-refractivity contribution in [1.82, 2.24) is 9.58 Å². The van der Waals surface area contributed by atoms with Crippen molar-refractivity contribution < 1.29 is 4.79 Å². The number of amides is 1. The minimum absolute atomic E-state index is 0.0676. The number of hydrogen-bond acceptors (Lipinski definition) is 4. The first kappa shape index (κ1) is 22.6. The molecule has 0 saturated carbocycles. The molecule has 5 rings (SSSR count). The van der Waals surface area contributed by atoms with Gasteiger partial charge in [0, 0.05) is 40.1 Å². The van der Waals surface area contributed by atoms with Gasteiger partial charge in [-0.2, -0.15) is 15.1 Å². The molecule has 3 aromatic rings. The minimum Gasteiger partial charge on any atom is -0.342 e. The van der Waals surface area contributed by atoms with E-state index in [4.69, 9.17) is 17.0 Å². The van der Waals surface area contributed by atoms with Crippen LogP contribution in [0.3, 0.4) is 0 Å². The molecule has 0 fully saturated rings. The third kappa shape index (κ3) is 4.10. The van der Waals surface area contributed by atoms with Crippen LogP contribution in [0, 0.1) is 11.3 Å². The maximum absolute atomic E-state index is 12.9. The zero-order valence-corrected chi connectivity index (χ0v) is 20.5. The molecule has 0 radical (unpaired) electrons. The van der Waals surface area contributed by atoms with Gasteiger partial charge in [0.1, 0.15) is 5.04 Å². The van der Waals surface area contributed by atoms with Crippen LogP contribution >= 0.6 is 23.4 Å². The van der Waals surface area contributed by atoms with Crippen molar-refractivity contribution in [3.05, 3.63) is 76.5 Å². The summed E-state index contributed by atoms with van der Waals surface area (Å²) in [4.78, 5) is 17.2. The molecular formula is C26H24ClN5OS. The van der Waals surface area contributed by atoms with Crippen molar-refractivity contribution >= 4 is 62.3 Å². The average Bonchev–Trinajstić information content (AvgIpc) is 3.41. The Morgan fingerprint density at radius 2 is 1.85 bits per heavy atom. The fourth-order valence-electron chi connectivity index (χ4n) is 4.27. The van der Waals surface area contributed by atoms with Crippen LogP contribution in [0.4, 0.5) is 0 Å². The van der Waals surface area contributed by atoms with Gasteiger partial charge in [-0.3, -0.25) is 10.2 Å². The number of thioether (sulfide) groups is 1. The fraction of sp³-hybridized carbons (Fsp3) is 0.231. The van der Waals surface area contributed by atoms with E-state index in [1.807, 2.05) is 48.7 Å². The predicted octanol–water partition coefficient (Wildman–Crippen LogP) is 6.40. The molecular weight excluding hydrogens is 466 g/mol. The summed E-state index contributed by atoms with van der Waals surface area (Å²) in [6.07, 6.45) is 5.70. The van der Waals surface area contributed by atoms with E-state index >= 15 is 0 Å². The molecule has 172 valence electrons. The number of halogens is 1. The van der Waals surface area contributed by atoms with Crippen molar-refractivity contribution in [2.75, 3.05) is 0 Å². The van der Waals surface area contributed by atoms with E-state index in [1.165, 1.54) is 16.8 Å². The van der Waals surface area contributed by atoms with Crippen molar-refractivity contribution in [3.8, 4) is 0 Å². The molecule has 1 aromatic heterocycles. The second-order valence-electron chi connectivity index (χ2n) is 8.33. The Bertz CT molecular complexity index is 1380. The van der Waals surface area contributed by atoms with Crippen LogP contribution in [0.25, 0.3) is 17.0 Å². The Kier molecular flexibility index (Phi) is 6.15. The first-order chi connectivity index (χ1) is 16.5. The number of carbonyl (C=O) groups is 1. The monoisotopic (exact) mass is 489 g/mol. The number of hydrazone groups is 1. The maximum Gasteiger partial charge on any atom is 0.283 e. The van der Waals surface area contributed by atoms with Crippen LogP contribution in [0.1, 0.15) is 37.8 Å². The van der Waals surface area contributed by atoms with Gasteiger partial charge in [-0.25, -0.2) is 0 Å². The summed E-state index contributed by atoms with van der Waals surface area (Å²) in [5, 5.41) is 18.0. The lowest BCUT2D eigenvalue weighted by Crippen LogP contribution is -2.35. The Labute approximate surface area is 207 Å². The Morgan fingerprint density at radius 1 is 1.12 bits per heavy atom. The maximum atomic E-state index is 12.9. The SMILES string of the molecule is CCC(CC)C1=NN2C(=N)/C(=C\c3cn(Cc4ccc(Cl)cc4)c4ccccc34)C(=O)N=C2S1. The molecule has 3 heterocycles. The van der Waals surface area contributed by atoms with Crippen molar-refractivity contribution in [3.63, 3.8) is 0 Å². The normalized spacial score (nSPS) is 17.1. The lowest BCUT2D eigenvalue weighted by Gasteiger charge is -2.20. The van der Waals surface area contributed by atoms with E-state index in [1.54, 1.807) is 6.08 Å². The molecule has 0 unspecified atom stereocenters. The molecule has 2 aliphatic rings. The number of nitrogens with zero attached hydrogens (tertiary/aromatic N) is 4. The number of fused-ring (bicyclic) bond motifs is 2. The average molecular weight is 490 g/mol. The van der Waals surface area contributed by atoms with E-state index in [0.717, 1.165) is 39.9 Å². The number of aromatic nitrogens is 1. The van der Waals surface area contributed by atoms with Crippen LogP contribution in [-0.2, 0) is 11.3 Å². The smallest absolute Gasteiger partial charge is 0.283 e. The third-order valence-electron chi connectivity index (χ3n) is 6.19. The minimum atomic E-state index is -0.403. The van der Waals surface area contributed by atoms with Gasteiger partial charge < -0.3 is 4.57 Å². The standard InChI is InChI=1S/C26H24ClN5OS/c1-3-17(4-2)25-30-32-23(28)21(24(33)29-26(32)34-25)13-18-15-31(22-8-6-5-7-20(18)22)14-16-9-11-19(27)12-10-16/h5-13,15,17,28H,3-4,14H2,1-2H3/b21-13+,28-23?. The first-order valence-electron chi connectivity index (χ1n) is 11.3. The van der Waals surface area contributed by atoms with Gasteiger partial charge in [0.05, 0.1) is 5.57 Å². The summed E-state index contributed by atoms with van der Waals surface area (Å²) in [7, 11) is 0. The van der Waals surface area contributed by atoms with E-state index < -0.39 is 5.91 Å². The van der Waals surface area contributed by atoms with Crippen LogP contribution in [-0.4, -0.2) is 31.5 Å². The van der Waals surface area contributed by atoms with Gasteiger partial charge in [0.25, 0.3) is 5.91 Å². The highest BCUT2D eigenvalue weighted by Gasteiger charge is 2.37. The summed E-state index contributed by atoms with van der Waals surface area (Å²) in [6.45, 7) is 4.91. The van der Waals surface area contributed by atoms with E-state index in [9.17, 15) is 4.79 Å². The highest BCUT2D eigenvalue weighted by atomic mass is 35.5. The van der Waals surface area contributed by atoms with Gasteiger partial charge >= 0.3 is 0 Å². The number of para-hydroxylation sites is 1. The lowest BCUT2D eigenvalue weighted by atomic mass is 10.1. The zero-order chi connectivity index (χ0) is 23.8. The zero-order valence-electron chi connectivity index (χ0n) is 19.0. The Hall–Kier alpha value is -3.16. The van der Waals surface area contributed by atoms with Crippen molar-refractivity contribution in [2.45, 2.75) is 33.2 Å². The van der Waals surface area contributed by atoms with E-state index in [2.05, 4.69) is 34.6 Å². The van der Waals surface area contributed by atoms with Crippen LogP contribution in [0.5, 0.6) is 0 Å². The molecule has 0 atom stereocenters. The van der Waals surface area contributed by atoms with Gasteiger partial charge in [0.2, 0.25) is 5.17 Å². The molecule has 1 amide bonds. The van der Waals surface area contributed by atoms with Crippen LogP contribution in [0.15, 0.2) is 70.4 Å². The molecule has 6 nitrogen and oxygen atoms in total. The van der Waals surface area contributed by atoms with E-state index in [0.29, 0.717) is 22.7 Å². The Morgan fingerprint density at radius 3 is 2.59 bits per heavy atom. The Balaban J connectivity index is 1.52. The quantitative estimate of drug-likeness (QED) is 0.407. The highest BCUT2D eigenvalue weighted by molar-refractivity contribution is 8.27. The number of benzene rings is 2. The van der Waals surface area contributed by atoms with Gasteiger partial charge in [0.15, 0.2) is 5.84 Å². The molecule has 8 heteroatoms. The fourth-order valence-corrected chi connectivity index (χ4v) is 5.56. The number of carbonyl (C=O) groups excluding carboxylic acids is 1. The second-order valence-corrected chi connectivity index (χ2v) is 9.75. The summed E-state index contributed by atoms with van der Waals surface area (Å²) < 4.78 is 2.14. The van der Waals surface area contributed by atoms with Crippen LogP contribution in [0.2, 0.25) is 5.02 Å². The molecule has 0 bridgehead atoms. The lowest BCUT2D eigenvalue weighted by molar-refractivity contribution is -0.114. The van der Waals surface area contributed by atoms with Crippen molar-refractivity contribution in [1.29, 1.82) is 5.41 Å². The topological polar surface area (TPSA) is 73.8 Å². The summed E-state index contributed by atoms with van der Waals surface area (Å²) in [5.41, 5.74) is 3.28. The molecule has 0 spiro atoms. The summed E-state index contributed by atoms with van der Waals surface area (Å²) in [5.74, 6) is -0.0308. The highest BCUT2D eigenvalue weighted by Crippen LogP contribution is 2.33. The molecule has 2 aromatic carbocycles. The van der Waals surface area contributed by atoms with Crippen molar-refractivity contribution in [2.24, 2.45) is 16.0 Å². The molecule has 2 aliphatic heterocycles. The number of nitrogens with one attached hydrogen (secondary N) is 1. The summed E-state index contributed by atoms with van der Waals surface area (Å²) in [6, 6.07) is 15.8. The van der Waals surface area contributed by atoms with Crippen LogP contribution < -0.4 is 0 Å². The van der Waals surface area contributed by atoms with Gasteiger partial charge in [-0.15, -0.1) is 0 Å². The predicted molar refractivity (Wildman–Crippen MR) is 142 cm³/mol. The number of rotatable bonds is 6. The summed E-state index contributed by atoms with van der Waals surface area (Å²) >= 11 is 7.44. The molecule has 0 saturated heterocycles. The number of hydrogen-bond donors (Lipinski definition) is 1. The largest absolute Gasteiger partial charge is 0.342 e.